The van der Waals surface area contributed by atoms with E-state index in [0.29, 0.717) is 17.5 Å². The van der Waals surface area contributed by atoms with Crippen molar-refractivity contribution in [2.24, 2.45) is 0 Å². The average molecular weight is 487 g/mol. The summed E-state index contributed by atoms with van der Waals surface area (Å²) in [4.78, 5) is 37.6. The summed E-state index contributed by atoms with van der Waals surface area (Å²) in [7, 11) is 2.46. The Balaban J connectivity index is 1.75. The quantitative estimate of drug-likeness (QED) is 0.276. The maximum atomic E-state index is 12.6. The summed E-state index contributed by atoms with van der Waals surface area (Å²) in [5.74, 6) is -0.887. The van der Waals surface area contributed by atoms with Crippen LogP contribution in [-0.2, 0) is 20.8 Å². The Morgan fingerprint density at radius 1 is 1.12 bits per heavy atom. The molecule has 0 aliphatic rings. The molecule has 0 saturated heterocycles. The lowest BCUT2D eigenvalue weighted by Gasteiger charge is -2.10. The zero-order valence-electron chi connectivity index (χ0n) is 18.3. The number of thioether (sulfide) groups is 1. The molecule has 0 atom stereocenters. The molecule has 2 aromatic heterocycles. The molecule has 0 fully saturated rings. The van der Waals surface area contributed by atoms with Crippen LogP contribution in [0.4, 0.5) is 5.69 Å². The number of aromatic nitrogens is 3. The maximum absolute atomic E-state index is 12.6. The topological polar surface area (TPSA) is 112 Å². The van der Waals surface area contributed by atoms with Gasteiger partial charge >= 0.3 is 11.9 Å². The van der Waals surface area contributed by atoms with Crippen molar-refractivity contribution in [2.75, 3.05) is 25.3 Å². The van der Waals surface area contributed by atoms with Crippen molar-refractivity contribution in [1.29, 1.82) is 0 Å². The smallest absolute Gasteiger partial charge is 0.337 e. The Morgan fingerprint density at radius 3 is 2.33 bits per heavy atom. The molecule has 2 heterocycles. The molecule has 0 aliphatic heterocycles. The molecular weight excluding hydrogens is 464 g/mol. The highest BCUT2D eigenvalue weighted by Gasteiger charge is 2.18. The third-order valence-corrected chi connectivity index (χ3v) is 6.24. The summed E-state index contributed by atoms with van der Waals surface area (Å²) in [5, 5.41) is 13.8. The molecule has 1 amide bonds. The predicted molar refractivity (Wildman–Crippen MR) is 127 cm³/mol. The number of benzene rings is 1. The first-order valence-electron chi connectivity index (χ1n) is 9.70. The van der Waals surface area contributed by atoms with Crippen LogP contribution in [0.1, 0.15) is 25.6 Å². The number of allylic oxidation sites excluding steroid dienone is 1. The van der Waals surface area contributed by atoms with E-state index in [-0.39, 0.29) is 28.5 Å². The van der Waals surface area contributed by atoms with Crippen molar-refractivity contribution in [3.05, 3.63) is 58.3 Å². The summed E-state index contributed by atoms with van der Waals surface area (Å²) in [6, 6.07) is 6.23. The Bertz CT molecular complexity index is 1170. The fourth-order valence-corrected chi connectivity index (χ4v) is 4.39. The Morgan fingerprint density at radius 2 is 1.79 bits per heavy atom. The van der Waals surface area contributed by atoms with Gasteiger partial charge in [-0.15, -0.1) is 28.1 Å². The van der Waals surface area contributed by atoms with E-state index in [2.05, 4.69) is 22.1 Å². The Kier molecular flexibility index (Phi) is 8.01. The van der Waals surface area contributed by atoms with Gasteiger partial charge < -0.3 is 14.8 Å². The third-order valence-electron chi connectivity index (χ3n) is 4.41. The number of aryl methyl sites for hydroxylation is 1. The van der Waals surface area contributed by atoms with E-state index in [4.69, 9.17) is 9.47 Å². The van der Waals surface area contributed by atoms with Crippen LogP contribution >= 0.6 is 23.1 Å². The number of ether oxygens (including phenoxy) is 2. The van der Waals surface area contributed by atoms with E-state index < -0.39 is 11.9 Å². The van der Waals surface area contributed by atoms with Gasteiger partial charge in [0.1, 0.15) is 0 Å². The van der Waals surface area contributed by atoms with Gasteiger partial charge in [0.15, 0.2) is 11.0 Å². The minimum absolute atomic E-state index is 0.0357. The molecule has 0 unspecified atom stereocenters. The van der Waals surface area contributed by atoms with Crippen molar-refractivity contribution in [1.82, 2.24) is 14.8 Å². The summed E-state index contributed by atoms with van der Waals surface area (Å²) < 4.78 is 11.3. The molecule has 3 rings (SSSR count). The van der Waals surface area contributed by atoms with Gasteiger partial charge in [0.25, 0.3) is 0 Å². The van der Waals surface area contributed by atoms with Crippen LogP contribution in [0.5, 0.6) is 0 Å². The van der Waals surface area contributed by atoms with Crippen molar-refractivity contribution >= 4 is 46.6 Å². The largest absolute Gasteiger partial charge is 0.465 e. The maximum Gasteiger partial charge on any atom is 0.337 e. The van der Waals surface area contributed by atoms with Crippen molar-refractivity contribution < 1.29 is 23.9 Å². The summed E-state index contributed by atoms with van der Waals surface area (Å²) in [6.07, 6.45) is 1.74. The summed E-state index contributed by atoms with van der Waals surface area (Å²) in [5.41, 5.74) is 1.46. The molecule has 1 aromatic carbocycles. The molecule has 11 heteroatoms. The molecule has 3 aromatic rings. The molecule has 0 saturated carbocycles. The zero-order chi connectivity index (χ0) is 24.0. The average Bonchev–Trinajstić information content (AvgIpc) is 3.42. The Hall–Kier alpha value is -3.44. The second-order valence-electron chi connectivity index (χ2n) is 6.77. The number of hydrogen-bond acceptors (Lipinski definition) is 9. The van der Waals surface area contributed by atoms with Gasteiger partial charge in [-0.1, -0.05) is 17.8 Å². The number of methoxy groups -OCH3 is 2. The van der Waals surface area contributed by atoms with Crippen molar-refractivity contribution in [3.8, 4) is 11.4 Å². The van der Waals surface area contributed by atoms with Crippen LogP contribution in [0.25, 0.3) is 11.4 Å². The number of carbonyl (C=O) groups is 3. The van der Waals surface area contributed by atoms with Gasteiger partial charge in [0, 0.05) is 28.1 Å². The molecule has 33 heavy (non-hydrogen) atoms. The van der Waals surface area contributed by atoms with Crippen LogP contribution in [0.2, 0.25) is 0 Å². The summed E-state index contributed by atoms with van der Waals surface area (Å²) >= 11 is 2.84. The number of amides is 1. The molecule has 0 aliphatic carbocycles. The fourth-order valence-electron chi connectivity index (χ4n) is 2.96. The molecule has 1 N–H and O–H groups in total. The first-order valence-corrected chi connectivity index (χ1v) is 11.6. The Labute approximate surface area is 198 Å². The number of anilines is 1. The highest BCUT2D eigenvalue weighted by atomic mass is 32.2. The molecule has 0 bridgehead atoms. The second kappa shape index (κ2) is 10.9. The van der Waals surface area contributed by atoms with E-state index in [1.807, 2.05) is 22.9 Å². The lowest BCUT2D eigenvalue weighted by atomic mass is 10.1. The van der Waals surface area contributed by atoms with E-state index >= 15 is 0 Å². The number of nitrogens with one attached hydrogen (secondary N) is 1. The highest BCUT2D eigenvalue weighted by Crippen LogP contribution is 2.27. The normalized spacial score (nSPS) is 10.5. The minimum atomic E-state index is -0.639. The molecular formula is C22H22N4O5S2. The number of rotatable bonds is 9. The highest BCUT2D eigenvalue weighted by molar-refractivity contribution is 7.99. The van der Waals surface area contributed by atoms with Gasteiger partial charge in [-0.3, -0.25) is 9.36 Å². The van der Waals surface area contributed by atoms with Crippen LogP contribution in [0.3, 0.4) is 0 Å². The number of carbonyl (C=O) groups excluding carboxylic acids is 3. The number of esters is 2. The number of nitrogens with zero attached hydrogens (tertiary/aromatic N) is 3. The first-order chi connectivity index (χ1) is 15.9. The molecule has 172 valence electrons. The zero-order valence-corrected chi connectivity index (χ0v) is 19.9. The third kappa shape index (κ3) is 5.88. The van der Waals surface area contributed by atoms with Gasteiger partial charge in [-0.2, -0.15) is 0 Å². The van der Waals surface area contributed by atoms with Crippen LogP contribution in [0, 0.1) is 6.92 Å². The lowest BCUT2D eigenvalue weighted by Crippen LogP contribution is -2.16. The van der Waals surface area contributed by atoms with Gasteiger partial charge in [-0.05, 0) is 31.2 Å². The number of thiophene rings is 1. The van der Waals surface area contributed by atoms with Crippen molar-refractivity contribution in [2.45, 2.75) is 18.6 Å². The second-order valence-corrected chi connectivity index (χ2v) is 8.83. The first kappa shape index (κ1) is 24.2. The van der Waals surface area contributed by atoms with E-state index in [9.17, 15) is 14.4 Å². The van der Waals surface area contributed by atoms with E-state index in [1.54, 1.807) is 17.4 Å². The SMILES string of the molecule is C=CCn1c(SCC(=O)Nc2cc(C(=O)OC)cc(C(=O)OC)c2)nnc1-c1csc(C)c1. The van der Waals surface area contributed by atoms with E-state index in [0.717, 1.165) is 10.4 Å². The lowest BCUT2D eigenvalue weighted by molar-refractivity contribution is -0.113. The van der Waals surface area contributed by atoms with E-state index in [1.165, 1.54) is 44.2 Å². The van der Waals surface area contributed by atoms with Gasteiger partial charge in [-0.25, -0.2) is 9.59 Å². The number of hydrogen-bond donors (Lipinski definition) is 1. The van der Waals surface area contributed by atoms with Gasteiger partial charge in [0.05, 0.1) is 31.1 Å². The van der Waals surface area contributed by atoms with Gasteiger partial charge in [0.2, 0.25) is 5.91 Å². The van der Waals surface area contributed by atoms with Crippen LogP contribution < -0.4 is 5.32 Å². The minimum Gasteiger partial charge on any atom is -0.465 e. The summed E-state index contributed by atoms with van der Waals surface area (Å²) in [6.45, 7) is 6.30. The fraction of sp³-hybridized carbons (Fsp3) is 0.227. The predicted octanol–water partition coefficient (Wildman–Crippen LogP) is 3.81. The molecule has 0 spiro atoms. The standard InChI is InChI=1S/C22H22N4O5S2/c1-5-6-26-19(16-7-13(2)32-11-16)24-25-22(26)33-12-18(27)23-17-9-14(20(28)30-3)8-15(10-17)21(29)31-4/h5,7-11H,1,6,12H2,2-4H3,(H,23,27). The molecule has 9 nitrogen and oxygen atoms in total. The van der Waals surface area contributed by atoms with Crippen molar-refractivity contribution in [3.63, 3.8) is 0 Å². The van der Waals surface area contributed by atoms with Crippen LogP contribution in [0.15, 0.2) is 47.5 Å². The van der Waals surface area contributed by atoms with Crippen LogP contribution in [-0.4, -0.2) is 52.6 Å². The monoisotopic (exact) mass is 486 g/mol. The molecule has 0 radical (unpaired) electrons.